The van der Waals surface area contributed by atoms with E-state index < -0.39 is 34.9 Å². The molecule has 7 nitrogen and oxygen atoms in total. The number of ether oxygens (including phenoxy) is 1. The highest BCUT2D eigenvalue weighted by Gasteiger charge is 2.35. The van der Waals surface area contributed by atoms with Gasteiger partial charge in [-0.25, -0.2) is 14.2 Å². The summed E-state index contributed by atoms with van der Waals surface area (Å²) in [4.78, 5) is 21.4. The van der Waals surface area contributed by atoms with Gasteiger partial charge in [0.05, 0.1) is 33.7 Å². The number of halogens is 4. The van der Waals surface area contributed by atoms with Crippen molar-refractivity contribution in [2.24, 2.45) is 0 Å². The summed E-state index contributed by atoms with van der Waals surface area (Å²) in [5, 5.41) is 15.8. The number of benzene rings is 1. The third-order valence-electron chi connectivity index (χ3n) is 5.04. The van der Waals surface area contributed by atoms with Crippen molar-refractivity contribution in [3.8, 4) is 10.6 Å². The standard InChI is InChI=1S/C21H18F4N4O3S/c22-14-3-1-12(21(23,24)25)9-16(14)29-19(30)28-13-2-4-15(26-10-13)17-11-27-18(33-17)20(31)5-7-32-8-6-20/h1-4,9-11,31H,5-8H2,(H2,28,29,30). The van der Waals surface area contributed by atoms with E-state index in [1.165, 1.54) is 23.6 Å². The summed E-state index contributed by atoms with van der Waals surface area (Å²) in [6.45, 7) is 0.910. The number of carbonyl (C=O) groups is 1. The number of urea groups is 1. The van der Waals surface area contributed by atoms with Crippen LogP contribution in [0.2, 0.25) is 0 Å². The van der Waals surface area contributed by atoms with Gasteiger partial charge in [0.2, 0.25) is 0 Å². The molecule has 0 radical (unpaired) electrons. The number of nitrogens with zero attached hydrogens (tertiary/aromatic N) is 2. The van der Waals surface area contributed by atoms with Crippen LogP contribution in [0.4, 0.5) is 33.7 Å². The van der Waals surface area contributed by atoms with Gasteiger partial charge in [-0.2, -0.15) is 13.2 Å². The first kappa shape index (κ1) is 23.1. The van der Waals surface area contributed by atoms with Gasteiger partial charge < -0.3 is 20.5 Å². The number of carbonyl (C=O) groups excluding carboxylic acids is 1. The molecule has 174 valence electrons. The average molecular weight is 482 g/mol. The molecule has 1 aliphatic heterocycles. The molecule has 12 heteroatoms. The van der Waals surface area contributed by atoms with Crippen LogP contribution in [0.1, 0.15) is 23.4 Å². The Labute approximate surface area is 189 Å². The second-order valence-electron chi connectivity index (χ2n) is 7.38. The molecule has 0 spiro atoms. The molecule has 1 aromatic carbocycles. The monoisotopic (exact) mass is 482 g/mol. The zero-order valence-electron chi connectivity index (χ0n) is 16.9. The van der Waals surface area contributed by atoms with Gasteiger partial charge in [0, 0.05) is 32.3 Å². The van der Waals surface area contributed by atoms with E-state index in [1.807, 2.05) is 0 Å². The van der Waals surface area contributed by atoms with Gasteiger partial charge in [0.25, 0.3) is 0 Å². The highest BCUT2D eigenvalue weighted by atomic mass is 32.1. The smallest absolute Gasteiger partial charge is 0.382 e. The third-order valence-corrected chi connectivity index (χ3v) is 6.25. The Bertz CT molecular complexity index is 1150. The zero-order valence-corrected chi connectivity index (χ0v) is 17.8. The van der Waals surface area contributed by atoms with Crippen molar-refractivity contribution >= 4 is 28.7 Å². The number of pyridine rings is 1. The first-order valence-electron chi connectivity index (χ1n) is 9.82. The molecule has 3 N–H and O–H groups in total. The predicted molar refractivity (Wildman–Crippen MR) is 113 cm³/mol. The van der Waals surface area contributed by atoms with Crippen LogP contribution in [-0.4, -0.2) is 34.3 Å². The van der Waals surface area contributed by atoms with E-state index in [2.05, 4.69) is 20.6 Å². The Morgan fingerprint density at radius 3 is 2.52 bits per heavy atom. The molecule has 0 saturated carbocycles. The van der Waals surface area contributed by atoms with Crippen LogP contribution >= 0.6 is 11.3 Å². The van der Waals surface area contributed by atoms with Gasteiger partial charge in [-0.3, -0.25) is 4.98 Å². The van der Waals surface area contributed by atoms with Crippen LogP contribution in [0.5, 0.6) is 0 Å². The summed E-state index contributed by atoms with van der Waals surface area (Å²) in [6.07, 6.45) is -0.807. The summed E-state index contributed by atoms with van der Waals surface area (Å²) in [5.74, 6) is -1.00. The topological polar surface area (TPSA) is 96.4 Å². The maximum Gasteiger partial charge on any atom is 0.416 e. The Morgan fingerprint density at radius 1 is 1.09 bits per heavy atom. The van der Waals surface area contributed by atoms with Crippen molar-refractivity contribution in [3.05, 3.63) is 59.1 Å². The minimum atomic E-state index is -4.67. The van der Waals surface area contributed by atoms with Crippen LogP contribution in [-0.2, 0) is 16.5 Å². The Hall–Kier alpha value is -3.09. The van der Waals surface area contributed by atoms with E-state index in [9.17, 15) is 27.5 Å². The van der Waals surface area contributed by atoms with E-state index in [-0.39, 0.29) is 5.69 Å². The number of nitrogens with one attached hydrogen (secondary N) is 2. The number of alkyl halides is 3. The molecule has 1 saturated heterocycles. The first-order valence-corrected chi connectivity index (χ1v) is 10.6. The number of thiazole rings is 1. The molecule has 3 heterocycles. The normalized spacial score (nSPS) is 15.8. The van der Waals surface area contributed by atoms with E-state index in [4.69, 9.17) is 4.74 Å². The number of rotatable bonds is 4. The summed E-state index contributed by atoms with van der Waals surface area (Å²) >= 11 is 1.31. The quantitative estimate of drug-likeness (QED) is 0.455. The molecular formula is C21H18F4N4O3S. The largest absolute Gasteiger partial charge is 0.416 e. The second-order valence-corrected chi connectivity index (χ2v) is 8.41. The van der Waals surface area contributed by atoms with Crippen molar-refractivity contribution < 1.29 is 32.2 Å². The Kier molecular flexibility index (Phi) is 6.32. The number of aliphatic hydroxyl groups is 1. The molecule has 0 bridgehead atoms. The molecule has 0 atom stereocenters. The summed E-state index contributed by atoms with van der Waals surface area (Å²) in [6, 6.07) is 3.97. The fraction of sp³-hybridized carbons (Fsp3) is 0.286. The van der Waals surface area contributed by atoms with Crippen molar-refractivity contribution in [2.75, 3.05) is 23.8 Å². The van der Waals surface area contributed by atoms with Crippen molar-refractivity contribution in [1.29, 1.82) is 0 Å². The summed E-state index contributed by atoms with van der Waals surface area (Å²) in [5.41, 5.74) is -1.91. The van der Waals surface area contributed by atoms with Crippen LogP contribution in [0.15, 0.2) is 42.7 Å². The first-order chi connectivity index (χ1) is 15.6. The Balaban J connectivity index is 1.42. The SMILES string of the molecule is O=C(Nc1ccc(-c2cnc(C3(O)CCOCC3)s2)nc1)Nc1cc(C(F)(F)F)ccc1F. The average Bonchev–Trinajstić information content (AvgIpc) is 3.27. The number of anilines is 2. The fourth-order valence-electron chi connectivity index (χ4n) is 3.23. The van der Waals surface area contributed by atoms with Gasteiger partial charge in [0.15, 0.2) is 0 Å². The van der Waals surface area contributed by atoms with Crippen molar-refractivity contribution in [2.45, 2.75) is 24.6 Å². The lowest BCUT2D eigenvalue weighted by molar-refractivity contribution is -0.137. The lowest BCUT2D eigenvalue weighted by atomic mass is 9.95. The van der Waals surface area contributed by atoms with Gasteiger partial charge >= 0.3 is 12.2 Å². The van der Waals surface area contributed by atoms with Crippen molar-refractivity contribution in [3.63, 3.8) is 0 Å². The highest BCUT2D eigenvalue weighted by molar-refractivity contribution is 7.15. The second kappa shape index (κ2) is 9.04. The van der Waals surface area contributed by atoms with E-state index >= 15 is 0 Å². The van der Waals surface area contributed by atoms with Crippen LogP contribution in [0.25, 0.3) is 10.6 Å². The molecule has 33 heavy (non-hydrogen) atoms. The van der Waals surface area contributed by atoms with Gasteiger partial charge in [-0.05, 0) is 30.3 Å². The number of hydrogen-bond donors (Lipinski definition) is 3. The van der Waals surface area contributed by atoms with E-state index in [0.29, 0.717) is 59.8 Å². The maximum atomic E-state index is 13.8. The lowest BCUT2D eigenvalue weighted by Gasteiger charge is -2.29. The number of amides is 2. The van der Waals surface area contributed by atoms with Gasteiger partial charge in [-0.1, -0.05) is 0 Å². The third kappa shape index (κ3) is 5.29. The highest BCUT2D eigenvalue weighted by Crippen LogP contribution is 2.37. The van der Waals surface area contributed by atoms with Crippen molar-refractivity contribution in [1.82, 2.24) is 9.97 Å². The molecule has 4 rings (SSSR count). The van der Waals surface area contributed by atoms with E-state index in [0.717, 1.165) is 0 Å². The molecule has 0 unspecified atom stereocenters. The molecular weight excluding hydrogens is 464 g/mol. The number of aromatic nitrogens is 2. The minimum Gasteiger partial charge on any atom is -0.382 e. The fourth-order valence-corrected chi connectivity index (χ4v) is 4.26. The summed E-state index contributed by atoms with van der Waals surface area (Å²) in [7, 11) is 0. The van der Waals surface area contributed by atoms with Crippen LogP contribution in [0.3, 0.4) is 0 Å². The maximum absolute atomic E-state index is 13.8. The van der Waals surface area contributed by atoms with Gasteiger partial charge in [-0.15, -0.1) is 11.3 Å². The Morgan fingerprint density at radius 2 is 1.85 bits per heavy atom. The molecule has 0 aliphatic carbocycles. The number of hydrogen-bond acceptors (Lipinski definition) is 6. The lowest BCUT2D eigenvalue weighted by Crippen LogP contribution is -2.33. The molecule has 1 aliphatic rings. The molecule has 1 fully saturated rings. The van der Waals surface area contributed by atoms with Crippen LogP contribution < -0.4 is 10.6 Å². The molecule has 2 aromatic heterocycles. The zero-order chi connectivity index (χ0) is 23.6. The van der Waals surface area contributed by atoms with Crippen LogP contribution in [0, 0.1) is 5.82 Å². The van der Waals surface area contributed by atoms with Gasteiger partial charge in [0.1, 0.15) is 16.4 Å². The summed E-state index contributed by atoms with van der Waals surface area (Å²) < 4.78 is 57.5. The molecule has 2 amide bonds. The minimum absolute atomic E-state index is 0.247. The molecule has 3 aromatic rings. The predicted octanol–water partition coefficient (Wildman–Crippen LogP) is 5.01. The van der Waals surface area contributed by atoms with E-state index in [1.54, 1.807) is 12.3 Å².